The minimum atomic E-state index is -0.0188. The van der Waals surface area contributed by atoms with Crippen molar-refractivity contribution in [3.05, 3.63) is 105 Å². The molecule has 78 heavy (non-hydrogen) atoms. The smallest absolute Gasteiger partial charge is 0.114 e. The second kappa shape index (κ2) is 28.9. The van der Waals surface area contributed by atoms with E-state index in [2.05, 4.69) is 142 Å². The lowest BCUT2D eigenvalue weighted by Gasteiger charge is -2.35. The zero-order valence-corrected chi connectivity index (χ0v) is 53.2. The van der Waals surface area contributed by atoms with Crippen LogP contribution < -0.4 is 0 Å². The SMILES string of the molecule is CCCCCCCCc1cc(-c2ccc(-c3cc(CCCCCCCC)c(C(C)(C)CC)s3)c3nsnc23)sc1-c1ccc2c(c1)C(CCCCCCCC)(CCCCCCCC)c1cc(C(C)(C)CC)c3ccccc3c1-2. The first-order valence-corrected chi connectivity index (χ1v) is 34.6. The predicted molar refractivity (Wildman–Crippen MR) is 350 cm³/mol. The molecule has 0 aliphatic heterocycles. The molecule has 2 nitrogen and oxygen atoms in total. The highest BCUT2D eigenvalue weighted by molar-refractivity contribution is 7.19. The molecule has 7 aromatic rings. The number of thiophene rings is 2. The zero-order chi connectivity index (χ0) is 55.1. The highest BCUT2D eigenvalue weighted by atomic mass is 32.1. The van der Waals surface area contributed by atoms with Crippen molar-refractivity contribution >= 4 is 56.2 Å². The zero-order valence-electron chi connectivity index (χ0n) is 50.8. The summed E-state index contributed by atoms with van der Waals surface area (Å²) in [4.78, 5) is 5.72. The average Bonchev–Trinajstić information content (AvgIpc) is 4.45. The Morgan fingerprint density at radius 3 is 1.46 bits per heavy atom. The van der Waals surface area contributed by atoms with Crippen LogP contribution in [0.15, 0.2) is 72.8 Å². The molecule has 0 unspecified atom stereocenters. The summed E-state index contributed by atoms with van der Waals surface area (Å²) in [5.41, 5.74) is 17.1. The molecule has 5 heteroatoms. The fourth-order valence-electron chi connectivity index (χ4n) is 13.2. The molecule has 1 aliphatic rings. The minimum absolute atomic E-state index is 0.0188. The summed E-state index contributed by atoms with van der Waals surface area (Å²) < 4.78 is 10.3. The van der Waals surface area contributed by atoms with E-state index in [4.69, 9.17) is 8.75 Å². The lowest BCUT2D eigenvalue weighted by Crippen LogP contribution is -2.27. The third kappa shape index (κ3) is 13.8. The van der Waals surface area contributed by atoms with Gasteiger partial charge in [0.15, 0.2) is 0 Å². The molecule has 0 bridgehead atoms. The van der Waals surface area contributed by atoms with Gasteiger partial charge in [0, 0.05) is 36.1 Å². The second-order valence-electron chi connectivity index (χ2n) is 25.3. The van der Waals surface area contributed by atoms with Crippen molar-refractivity contribution in [2.45, 2.75) is 278 Å². The van der Waals surface area contributed by atoms with Crippen molar-refractivity contribution in [3.8, 4) is 42.4 Å². The number of benzene rings is 4. The molecular weight excluding hydrogens is 1000 g/mol. The molecule has 0 saturated carbocycles. The molecule has 3 aromatic heterocycles. The van der Waals surface area contributed by atoms with Crippen LogP contribution in [0.25, 0.3) is 64.3 Å². The lowest BCUT2D eigenvalue weighted by molar-refractivity contribution is 0.397. The molecule has 0 spiro atoms. The quantitative estimate of drug-likeness (QED) is 0.0370. The molecule has 8 rings (SSSR count). The first-order valence-electron chi connectivity index (χ1n) is 32.2. The number of rotatable bonds is 35. The van der Waals surface area contributed by atoms with E-state index in [0.717, 1.165) is 30.3 Å². The summed E-state index contributed by atoms with van der Waals surface area (Å²) in [5, 5.41) is 2.91. The van der Waals surface area contributed by atoms with Gasteiger partial charge in [-0.15, -0.1) is 22.7 Å². The van der Waals surface area contributed by atoms with Gasteiger partial charge in [0.05, 0.1) is 11.7 Å². The molecule has 4 aromatic carbocycles. The van der Waals surface area contributed by atoms with E-state index in [1.165, 1.54) is 244 Å². The van der Waals surface area contributed by atoms with Crippen molar-refractivity contribution in [2.24, 2.45) is 0 Å². The number of nitrogens with zero attached hydrogens (tertiary/aromatic N) is 2. The van der Waals surface area contributed by atoms with Crippen LogP contribution in [0.2, 0.25) is 0 Å². The van der Waals surface area contributed by atoms with Gasteiger partial charge in [0.2, 0.25) is 0 Å². The predicted octanol–water partition coefficient (Wildman–Crippen LogP) is 24.9. The molecule has 0 fully saturated rings. The van der Waals surface area contributed by atoms with Gasteiger partial charge >= 0.3 is 0 Å². The standard InChI is InChI=1S/C73H102N2S3/c1-11-17-21-25-29-33-39-53-50-64(59-45-46-60(68-67(59)74-78-75-68)65-51-55(40-34-30-26-22-18-12-2)70(77-65)72(9,10)16-6)76-69(53)54-43-44-58-62(49-54)73(47-37-31-27-23-19-13-3,48-38-32-28-24-20-14-4)63-52-61(71(7,8)15-5)56-41-35-36-42-57(56)66(58)63/h35-36,41-46,49-52H,11-34,37-40,47-48H2,1-10H3. The Hall–Kier alpha value is -3.64. The number of unbranched alkanes of at least 4 members (excludes halogenated alkanes) is 20. The van der Waals surface area contributed by atoms with Gasteiger partial charge in [-0.1, -0.05) is 265 Å². The fourth-order valence-corrected chi connectivity index (χ4v) is 16.5. The van der Waals surface area contributed by atoms with Gasteiger partial charge < -0.3 is 0 Å². The number of fused-ring (bicyclic) bond motifs is 6. The van der Waals surface area contributed by atoms with Crippen LogP contribution in [0.4, 0.5) is 0 Å². The molecule has 1 aliphatic carbocycles. The van der Waals surface area contributed by atoms with Crippen LogP contribution >= 0.6 is 34.4 Å². The van der Waals surface area contributed by atoms with E-state index < -0.39 is 0 Å². The van der Waals surface area contributed by atoms with Gasteiger partial charge in [0.25, 0.3) is 0 Å². The Labute approximate surface area is 487 Å². The summed E-state index contributed by atoms with van der Waals surface area (Å²) in [5.74, 6) is 0. The van der Waals surface area contributed by atoms with Crippen molar-refractivity contribution in [2.75, 3.05) is 0 Å². The largest absolute Gasteiger partial charge is 0.172 e. The first kappa shape index (κ1) is 60.5. The summed E-state index contributed by atoms with van der Waals surface area (Å²) in [6, 6.07) is 30.1. The van der Waals surface area contributed by atoms with Crippen molar-refractivity contribution in [1.82, 2.24) is 8.75 Å². The number of hydrogen-bond acceptors (Lipinski definition) is 5. The van der Waals surface area contributed by atoms with E-state index in [9.17, 15) is 0 Å². The Morgan fingerprint density at radius 2 is 0.910 bits per heavy atom. The van der Waals surface area contributed by atoms with Gasteiger partial charge in [-0.2, -0.15) is 8.75 Å². The molecule has 0 radical (unpaired) electrons. The molecule has 0 amide bonds. The Bertz CT molecular complexity index is 2960. The molecular formula is C73H102N2S3. The Kier molecular flexibility index (Phi) is 22.4. The summed E-state index contributed by atoms with van der Waals surface area (Å²) >= 11 is 5.44. The Morgan fingerprint density at radius 1 is 0.436 bits per heavy atom. The maximum Gasteiger partial charge on any atom is 0.114 e. The Balaban J connectivity index is 1.24. The highest BCUT2D eigenvalue weighted by Gasteiger charge is 2.44. The first-order chi connectivity index (χ1) is 38.0. The minimum Gasteiger partial charge on any atom is -0.172 e. The monoisotopic (exact) mass is 1100 g/mol. The molecule has 422 valence electrons. The van der Waals surface area contributed by atoms with Crippen molar-refractivity contribution in [3.63, 3.8) is 0 Å². The van der Waals surface area contributed by atoms with Crippen LogP contribution in [-0.4, -0.2) is 8.75 Å². The number of aryl methyl sites for hydroxylation is 2. The van der Waals surface area contributed by atoms with Gasteiger partial charge in [-0.05, 0) is 136 Å². The number of hydrogen-bond donors (Lipinski definition) is 0. The maximum absolute atomic E-state index is 5.17. The van der Waals surface area contributed by atoms with Crippen LogP contribution in [0.1, 0.15) is 282 Å². The average molecular weight is 1100 g/mol. The molecule has 0 N–H and O–H groups in total. The van der Waals surface area contributed by atoms with E-state index in [-0.39, 0.29) is 16.2 Å². The van der Waals surface area contributed by atoms with Gasteiger partial charge in [-0.3, -0.25) is 0 Å². The van der Waals surface area contributed by atoms with Crippen molar-refractivity contribution in [1.29, 1.82) is 0 Å². The maximum atomic E-state index is 5.17. The van der Waals surface area contributed by atoms with E-state index in [1.807, 2.05) is 22.7 Å². The summed E-state index contributed by atoms with van der Waals surface area (Å²) in [6.45, 7) is 24.0. The molecule has 0 saturated heterocycles. The third-order valence-electron chi connectivity index (χ3n) is 18.8. The van der Waals surface area contributed by atoms with Crippen LogP contribution in [0.3, 0.4) is 0 Å². The second-order valence-corrected chi connectivity index (χ2v) is 28.0. The molecule has 3 heterocycles. The van der Waals surface area contributed by atoms with E-state index in [1.54, 1.807) is 27.1 Å². The number of aromatic nitrogens is 2. The topological polar surface area (TPSA) is 25.8 Å². The lowest BCUT2D eigenvalue weighted by atomic mass is 9.68. The molecule has 0 atom stereocenters. The van der Waals surface area contributed by atoms with E-state index >= 15 is 0 Å². The van der Waals surface area contributed by atoms with Crippen LogP contribution in [0, 0.1) is 0 Å². The van der Waals surface area contributed by atoms with E-state index in [0.29, 0.717) is 0 Å². The normalized spacial score (nSPS) is 13.4. The summed E-state index contributed by atoms with van der Waals surface area (Å²) in [7, 11) is 0. The summed E-state index contributed by atoms with van der Waals surface area (Å²) in [6.07, 6.45) is 38.7. The van der Waals surface area contributed by atoms with Crippen LogP contribution in [0.5, 0.6) is 0 Å². The van der Waals surface area contributed by atoms with Gasteiger partial charge in [0.1, 0.15) is 11.0 Å². The van der Waals surface area contributed by atoms with Crippen LogP contribution in [-0.2, 0) is 29.1 Å². The fraction of sp³-hybridized carbons (Fsp3) is 0.589. The van der Waals surface area contributed by atoms with Crippen molar-refractivity contribution < 1.29 is 0 Å². The van der Waals surface area contributed by atoms with Gasteiger partial charge in [-0.25, -0.2) is 0 Å². The third-order valence-corrected chi connectivity index (χ3v) is 22.2. The highest BCUT2D eigenvalue weighted by Crippen LogP contribution is 2.59.